The quantitative estimate of drug-likeness (QED) is 0.836. The van der Waals surface area contributed by atoms with Gasteiger partial charge in [0.25, 0.3) is 5.56 Å². The molecule has 0 aliphatic rings. The standard InChI is InChI=1S/C13H15N3O2/c1-18-11-4-2-10(3-5-11)6-7-14-12-8-13(17)16-9-15-12/h2-5,8-9H,6-7H2,1H3,(H2,14,15,16,17). The van der Waals surface area contributed by atoms with Crippen LogP contribution < -0.4 is 15.6 Å². The predicted octanol–water partition coefficient (Wildman–Crippen LogP) is 1.43. The first-order chi connectivity index (χ1) is 8.78. The van der Waals surface area contributed by atoms with Crippen LogP contribution in [0.4, 0.5) is 5.82 Å². The highest BCUT2D eigenvalue weighted by atomic mass is 16.5. The highest BCUT2D eigenvalue weighted by molar-refractivity contribution is 5.32. The zero-order chi connectivity index (χ0) is 12.8. The molecule has 5 heteroatoms. The zero-order valence-corrected chi connectivity index (χ0v) is 10.1. The highest BCUT2D eigenvalue weighted by Crippen LogP contribution is 2.11. The van der Waals surface area contributed by atoms with Crippen LogP contribution in [0.1, 0.15) is 5.56 Å². The summed E-state index contributed by atoms with van der Waals surface area (Å²) in [5.74, 6) is 1.44. The molecular weight excluding hydrogens is 230 g/mol. The van der Waals surface area contributed by atoms with Crippen molar-refractivity contribution in [1.29, 1.82) is 0 Å². The first kappa shape index (κ1) is 12.2. The van der Waals surface area contributed by atoms with E-state index in [1.807, 2.05) is 24.3 Å². The number of ether oxygens (including phenoxy) is 1. The third-order valence-electron chi connectivity index (χ3n) is 2.56. The Labute approximate surface area is 105 Å². The van der Waals surface area contributed by atoms with Crippen LogP contribution in [0.3, 0.4) is 0 Å². The molecule has 94 valence electrons. The second-order valence-electron chi connectivity index (χ2n) is 3.82. The third-order valence-corrected chi connectivity index (χ3v) is 2.56. The Bertz CT molecular complexity index is 549. The van der Waals surface area contributed by atoms with Crippen molar-refractivity contribution in [2.24, 2.45) is 0 Å². The molecule has 2 rings (SSSR count). The molecule has 1 heterocycles. The van der Waals surface area contributed by atoms with Crippen LogP contribution in [0.5, 0.6) is 5.75 Å². The molecule has 18 heavy (non-hydrogen) atoms. The molecule has 5 nitrogen and oxygen atoms in total. The van der Waals surface area contributed by atoms with Gasteiger partial charge in [-0.1, -0.05) is 12.1 Å². The summed E-state index contributed by atoms with van der Waals surface area (Å²) >= 11 is 0. The van der Waals surface area contributed by atoms with Crippen LogP contribution in [0.25, 0.3) is 0 Å². The van der Waals surface area contributed by atoms with E-state index in [0.29, 0.717) is 5.82 Å². The molecule has 0 bridgehead atoms. The van der Waals surface area contributed by atoms with Crippen molar-refractivity contribution < 1.29 is 4.74 Å². The fraction of sp³-hybridized carbons (Fsp3) is 0.231. The summed E-state index contributed by atoms with van der Waals surface area (Å²) in [6, 6.07) is 9.34. The maximum Gasteiger partial charge on any atom is 0.252 e. The van der Waals surface area contributed by atoms with Gasteiger partial charge in [0, 0.05) is 12.6 Å². The van der Waals surface area contributed by atoms with Crippen LogP contribution in [-0.4, -0.2) is 23.6 Å². The van der Waals surface area contributed by atoms with E-state index in [1.54, 1.807) is 7.11 Å². The normalized spacial score (nSPS) is 10.1. The minimum atomic E-state index is -0.156. The average Bonchev–Trinajstić information content (AvgIpc) is 2.40. The molecule has 1 aromatic heterocycles. The predicted molar refractivity (Wildman–Crippen MR) is 70.0 cm³/mol. The van der Waals surface area contributed by atoms with Crippen molar-refractivity contribution in [3.05, 3.63) is 52.6 Å². The van der Waals surface area contributed by atoms with Crippen LogP contribution in [0, 0.1) is 0 Å². The van der Waals surface area contributed by atoms with Gasteiger partial charge in [-0.3, -0.25) is 4.79 Å². The average molecular weight is 245 g/mol. The van der Waals surface area contributed by atoms with Crippen molar-refractivity contribution >= 4 is 5.82 Å². The molecule has 1 aromatic carbocycles. The Balaban J connectivity index is 1.86. The molecule has 2 aromatic rings. The molecule has 0 atom stereocenters. The number of aromatic amines is 1. The molecule has 0 saturated carbocycles. The molecule has 0 saturated heterocycles. The van der Waals surface area contributed by atoms with Crippen molar-refractivity contribution in [3.63, 3.8) is 0 Å². The summed E-state index contributed by atoms with van der Waals surface area (Å²) in [5.41, 5.74) is 1.05. The molecule has 2 N–H and O–H groups in total. The van der Waals surface area contributed by atoms with Gasteiger partial charge in [0.2, 0.25) is 0 Å². The van der Waals surface area contributed by atoms with Crippen LogP contribution >= 0.6 is 0 Å². The number of H-pyrrole nitrogens is 1. The first-order valence-electron chi connectivity index (χ1n) is 5.69. The number of anilines is 1. The Hall–Kier alpha value is -2.30. The SMILES string of the molecule is COc1ccc(CCNc2cc(=O)[nH]cn2)cc1. The number of methoxy groups -OCH3 is 1. The minimum Gasteiger partial charge on any atom is -0.497 e. The van der Waals surface area contributed by atoms with Gasteiger partial charge in [-0.15, -0.1) is 0 Å². The molecule has 0 aliphatic heterocycles. The van der Waals surface area contributed by atoms with Gasteiger partial charge < -0.3 is 15.0 Å². The molecule has 0 radical (unpaired) electrons. The van der Waals surface area contributed by atoms with Crippen molar-refractivity contribution in [3.8, 4) is 5.75 Å². The van der Waals surface area contributed by atoms with E-state index in [9.17, 15) is 4.79 Å². The Morgan fingerprint density at radius 3 is 2.78 bits per heavy atom. The van der Waals surface area contributed by atoms with E-state index in [-0.39, 0.29) is 5.56 Å². The van der Waals surface area contributed by atoms with Gasteiger partial charge in [0.05, 0.1) is 13.4 Å². The topological polar surface area (TPSA) is 67.0 Å². The second kappa shape index (κ2) is 5.86. The Kier molecular flexibility index (Phi) is 3.96. The lowest BCUT2D eigenvalue weighted by atomic mass is 10.1. The van der Waals surface area contributed by atoms with Crippen molar-refractivity contribution in [2.75, 3.05) is 19.0 Å². The largest absolute Gasteiger partial charge is 0.497 e. The Morgan fingerprint density at radius 2 is 2.11 bits per heavy atom. The van der Waals surface area contributed by atoms with Crippen molar-refractivity contribution in [1.82, 2.24) is 9.97 Å². The van der Waals surface area contributed by atoms with Gasteiger partial charge in [0.1, 0.15) is 11.6 Å². The molecule has 0 amide bonds. The first-order valence-corrected chi connectivity index (χ1v) is 5.69. The molecule has 0 aliphatic carbocycles. The van der Waals surface area contributed by atoms with Gasteiger partial charge in [0.15, 0.2) is 0 Å². The monoisotopic (exact) mass is 245 g/mol. The number of rotatable bonds is 5. The van der Waals surface area contributed by atoms with E-state index >= 15 is 0 Å². The zero-order valence-electron chi connectivity index (χ0n) is 10.1. The number of benzene rings is 1. The number of nitrogens with zero attached hydrogens (tertiary/aromatic N) is 1. The van der Waals surface area contributed by atoms with E-state index in [1.165, 1.54) is 18.0 Å². The summed E-state index contributed by atoms with van der Waals surface area (Å²) in [6.45, 7) is 0.725. The van der Waals surface area contributed by atoms with Crippen molar-refractivity contribution in [2.45, 2.75) is 6.42 Å². The van der Waals surface area contributed by atoms with Crippen LogP contribution in [-0.2, 0) is 6.42 Å². The smallest absolute Gasteiger partial charge is 0.252 e. The minimum absolute atomic E-state index is 0.156. The Morgan fingerprint density at radius 1 is 1.33 bits per heavy atom. The second-order valence-corrected chi connectivity index (χ2v) is 3.82. The van der Waals surface area contributed by atoms with Crippen LogP contribution in [0.15, 0.2) is 41.5 Å². The molecule has 0 unspecified atom stereocenters. The van der Waals surface area contributed by atoms with Crippen LogP contribution in [0.2, 0.25) is 0 Å². The number of hydrogen-bond donors (Lipinski definition) is 2. The molecular formula is C13H15N3O2. The fourth-order valence-corrected chi connectivity index (χ4v) is 1.59. The maximum atomic E-state index is 11.0. The fourth-order valence-electron chi connectivity index (χ4n) is 1.59. The molecule has 0 fully saturated rings. The highest BCUT2D eigenvalue weighted by Gasteiger charge is 1.96. The lowest BCUT2D eigenvalue weighted by Gasteiger charge is -2.05. The molecule has 0 spiro atoms. The van der Waals surface area contributed by atoms with E-state index < -0.39 is 0 Å². The summed E-state index contributed by atoms with van der Waals surface area (Å²) in [7, 11) is 1.65. The number of hydrogen-bond acceptors (Lipinski definition) is 4. The number of aromatic nitrogens is 2. The van der Waals surface area contributed by atoms with Gasteiger partial charge >= 0.3 is 0 Å². The van der Waals surface area contributed by atoms with Gasteiger partial charge in [-0.25, -0.2) is 4.98 Å². The van der Waals surface area contributed by atoms with Gasteiger partial charge in [-0.05, 0) is 24.1 Å². The summed E-state index contributed by atoms with van der Waals surface area (Å²) in [5, 5.41) is 3.10. The van der Waals surface area contributed by atoms with E-state index in [2.05, 4.69) is 15.3 Å². The van der Waals surface area contributed by atoms with E-state index in [0.717, 1.165) is 18.7 Å². The third kappa shape index (κ3) is 3.35. The van der Waals surface area contributed by atoms with E-state index in [4.69, 9.17) is 4.74 Å². The lowest BCUT2D eigenvalue weighted by Crippen LogP contribution is -2.11. The summed E-state index contributed by atoms with van der Waals surface area (Å²) < 4.78 is 5.09. The van der Waals surface area contributed by atoms with Gasteiger partial charge in [-0.2, -0.15) is 0 Å². The maximum absolute atomic E-state index is 11.0. The summed E-state index contributed by atoms with van der Waals surface area (Å²) in [4.78, 5) is 17.5. The number of nitrogens with one attached hydrogen (secondary N) is 2. The lowest BCUT2D eigenvalue weighted by molar-refractivity contribution is 0.414. The summed E-state index contributed by atoms with van der Waals surface area (Å²) in [6.07, 6.45) is 2.25.